The van der Waals surface area contributed by atoms with Crippen LogP contribution in [0.15, 0.2) is 42.5 Å². The van der Waals surface area contributed by atoms with Crippen LogP contribution in [0.2, 0.25) is 10.0 Å². The lowest BCUT2D eigenvalue weighted by Gasteiger charge is -2.46. The van der Waals surface area contributed by atoms with Gasteiger partial charge in [-0.05, 0) is 29.3 Å². The number of alkyl halides is 3. The van der Waals surface area contributed by atoms with Crippen molar-refractivity contribution in [3.8, 4) is 0 Å². The second-order valence-corrected chi connectivity index (χ2v) is 8.78. The average molecular weight is 505 g/mol. The normalized spacial score (nSPS) is 21.9. The Hall–Kier alpha value is -2.33. The lowest BCUT2D eigenvalue weighted by molar-refractivity contribution is -0.269. The first-order chi connectivity index (χ1) is 15.4. The van der Waals surface area contributed by atoms with Gasteiger partial charge in [-0.1, -0.05) is 54.4 Å². The Morgan fingerprint density at radius 3 is 2.24 bits per heavy atom. The lowest BCUT2D eigenvalue weighted by Crippen LogP contribution is -2.61. The molecular weight excluding hydrogens is 487 g/mol. The third-order valence-electron chi connectivity index (χ3n) is 5.80. The highest BCUT2D eigenvalue weighted by Crippen LogP contribution is 2.48. The lowest BCUT2D eigenvalue weighted by atomic mass is 9.85. The summed E-state index contributed by atoms with van der Waals surface area (Å²) in [5.41, 5.74) is -1.47. The van der Waals surface area contributed by atoms with Crippen LogP contribution < -0.4 is 5.48 Å². The highest BCUT2D eigenvalue weighted by atomic mass is 35.5. The van der Waals surface area contributed by atoms with E-state index in [1.807, 2.05) is 0 Å². The molecule has 2 aliphatic heterocycles. The molecule has 2 aromatic carbocycles. The van der Waals surface area contributed by atoms with Gasteiger partial charge in [0.25, 0.3) is 0 Å². The summed E-state index contributed by atoms with van der Waals surface area (Å²) in [5, 5.41) is 9.57. The SMILES string of the molecule is CCC(=O)N1CC(O)(c2ccc(C3=CC(c4cc(Cl)c(F)c(Cl)c4)(C(F)(F)F)ON3)cc2)C1. The Labute approximate surface area is 196 Å². The van der Waals surface area contributed by atoms with Crippen molar-refractivity contribution < 1.29 is 32.3 Å². The smallest absolute Gasteiger partial charge is 0.381 e. The van der Waals surface area contributed by atoms with Crippen LogP contribution in [0.25, 0.3) is 5.70 Å². The minimum absolute atomic E-state index is 0.0128. The van der Waals surface area contributed by atoms with Gasteiger partial charge in [0, 0.05) is 12.0 Å². The molecular formula is C22H18Cl2F4N2O3. The van der Waals surface area contributed by atoms with Crippen LogP contribution in [0.4, 0.5) is 17.6 Å². The molecule has 2 aliphatic rings. The van der Waals surface area contributed by atoms with Gasteiger partial charge in [-0.3, -0.25) is 15.1 Å². The number of rotatable bonds is 4. The van der Waals surface area contributed by atoms with E-state index >= 15 is 0 Å². The van der Waals surface area contributed by atoms with Crippen molar-refractivity contribution in [2.45, 2.75) is 30.7 Å². The van der Waals surface area contributed by atoms with Crippen molar-refractivity contribution in [2.75, 3.05) is 13.1 Å². The summed E-state index contributed by atoms with van der Waals surface area (Å²) in [6, 6.07) is 7.83. The fourth-order valence-electron chi connectivity index (χ4n) is 3.88. The highest BCUT2D eigenvalue weighted by Gasteiger charge is 2.60. The van der Waals surface area contributed by atoms with E-state index in [9.17, 15) is 27.5 Å². The fraction of sp³-hybridized carbons (Fsp3) is 0.318. The van der Waals surface area contributed by atoms with Crippen molar-refractivity contribution >= 4 is 34.8 Å². The Balaban J connectivity index is 1.64. The number of hydroxylamine groups is 1. The van der Waals surface area contributed by atoms with E-state index in [1.165, 1.54) is 17.0 Å². The fourth-order valence-corrected chi connectivity index (χ4v) is 4.37. The third kappa shape index (κ3) is 3.97. The molecule has 11 heteroatoms. The van der Waals surface area contributed by atoms with Crippen LogP contribution >= 0.6 is 23.2 Å². The van der Waals surface area contributed by atoms with Gasteiger partial charge in [0.1, 0.15) is 5.60 Å². The summed E-state index contributed by atoms with van der Waals surface area (Å²) in [7, 11) is 0. The predicted octanol–water partition coefficient (Wildman–Crippen LogP) is 4.91. The van der Waals surface area contributed by atoms with Crippen LogP contribution in [0.3, 0.4) is 0 Å². The molecule has 1 unspecified atom stereocenters. The first-order valence-corrected chi connectivity index (χ1v) is 10.7. The Morgan fingerprint density at radius 2 is 1.73 bits per heavy atom. The topological polar surface area (TPSA) is 61.8 Å². The predicted molar refractivity (Wildman–Crippen MR) is 114 cm³/mol. The van der Waals surface area contributed by atoms with Gasteiger partial charge in [-0.25, -0.2) is 4.39 Å². The zero-order chi connectivity index (χ0) is 24.2. The molecule has 1 atom stereocenters. The van der Waals surface area contributed by atoms with Gasteiger partial charge in [0.2, 0.25) is 11.5 Å². The zero-order valence-electron chi connectivity index (χ0n) is 17.1. The summed E-state index contributed by atoms with van der Waals surface area (Å²) in [5.74, 6) is -1.10. The molecule has 0 saturated carbocycles. The van der Waals surface area contributed by atoms with Crippen LogP contribution in [-0.4, -0.2) is 35.2 Å². The molecule has 0 bridgehead atoms. The molecule has 0 radical (unpaired) electrons. The van der Waals surface area contributed by atoms with Gasteiger partial charge in [-0.15, -0.1) is 0 Å². The van der Waals surface area contributed by atoms with Crippen molar-refractivity contribution in [3.63, 3.8) is 0 Å². The number of nitrogens with zero attached hydrogens (tertiary/aromatic N) is 1. The number of β-amino-alcohol motifs (C(OH)–C–C–N with tert-alkyl or cyclic N) is 1. The second kappa shape index (κ2) is 8.16. The number of halogens is 6. The average Bonchev–Trinajstić information content (AvgIpc) is 3.21. The van der Waals surface area contributed by atoms with Gasteiger partial charge < -0.3 is 10.0 Å². The summed E-state index contributed by atoms with van der Waals surface area (Å²) < 4.78 is 56.1. The van der Waals surface area contributed by atoms with E-state index in [-0.39, 0.29) is 24.7 Å². The van der Waals surface area contributed by atoms with E-state index in [0.29, 0.717) is 17.5 Å². The monoisotopic (exact) mass is 504 g/mol. The quantitative estimate of drug-likeness (QED) is 0.459. The van der Waals surface area contributed by atoms with Crippen molar-refractivity contribution in [1.82, 2.24) is 10.4 Å². The van der Waals surface area contributed by atoms with E-state index in [1.54, 1.807) is 19.1 Å². The molecule has 1 amide bonds. The summed E-state index contributed by atoms with van der Waals surface area (Å²) in [6.45, 7) is 2.02. The highest BCUT2D eigenvalue weighted by molar-refractivity contribution is 6.35. The summed E-state index contributed by atoms with van der Waals surface area (Å²) in [4.78, 5) is 18.2. The maximum Gasteiger partial charge on any atom is 0.428 e. The Kier molecular flexibility index (Phi) is 5.89. The Morgan fingerprint density at radius 1 is 1.15 bits per heavy atom. The van der Waals surface area contributed by atoms with Gasteiger partial charge in [-0.2, -0.15) is 13.2 Å². The number of carbonyl (C=O) groups excluding carboxylic acids is 1. The molecule has 5 nitrogen and oxygen atoms in total. The van der Waals surface area contributed by atoms with Gasteiger partial charge in [0.05, 0.1) is 28.8 Å². The van der Waals surface area contributed by atoms with Gasteiger partial charge >= 0.3 is 6.18 Å². The number of aliphatic hydroxyl groups is 1. The van der Waals surface area contributed by atoms with Crippen LogP contribution in [0, 0.1) is 5.82 Å². The molecule has 4 rings (SSSR count). The number of nitrogens with one attached hydrogen (secondary N) is 1. The molecule has 1 fully saturated rings. The van der Waals surface area contributed by atoms with Crippen LogP contribution in [0.5, 0.6) is 0 Å². The molecule has 176 valence electrons. The Bertz CT molecular complexity index is 1110. The number of carbonyl (C=O) groups is 1. The maximum absolute atomic E-state index is 14.1. The van der Waals surface area contributed by atoms with Gasteiger partial charge in [0.15, 0.2) is 5.82 Å². The standard InChI is InChI=1S/C22H18Cl2F4N2O3/c1-2-18(31)30-10-20(32,11-30)13-5-3-12(4-6-13)17-9-21(33-29-17,22(26,27)28)14-7-15(23)19(25)16(24)8-14/h3-9,29,32H,2,10-11H2,1H3. The van der Waals surface area contributed by atoms with Crippen molar-refractivity contribution in [3.05, 3.63) is 75.0 Å². The van der Waals surface area contributed by atoms with E-state index in [4.69, 9.17) is 28.0 Å². The van der Waals surface area contributed by atoms with E-state index in [0.717, 1.165) is 18.2 Å². The third-order valence-corrected chi connectivity index (χ3v) is 6.35. The minimum Gasteiger partial charge on any atom is -0.381 e. The molecule has 0 aromatic heterocycles. The largest absolute Gasteiger partial charge is 0.428 e. The molecule has 2 heterocycles. The van der Waals surface area contributed by atoms with Crippen LogP contribution in [0.1, 0.15) is 30.0 Å². The molecule has 1 saturated heterocycles. The number of likely N-dealkylation sites (tertiary alicyclic amines) is 1. The maximum atomic E-state index is 14.1. The molecule has 0 spiro atoms. The first-order valence-electron chi connectivity index (χ1n) is 9.90. The molecule has 33 heavy (non-hydrogen) atoms. The number of benzene rings is 2. The van der Waals surface area contributed by atoms with Crippen LogP contribution in [-0.2, 0) is 20.8 Å². The number of amides is 1. The van der Waals surface area contributed by atoms with E-state index < -0.39 is 38.8 Å². The van der Waals surface area contributed by atoms with E-state index in [2.05, 4.69) is 5.48 Å². The first kappa shape index (κ1) is 23.8. The second-order valence-electron chi connectivity index (χ2n) is 7.96. The zero-order valence-corrected chi connectivity index (χ0v) is 18.7. The number of hydrogen-bond acceptors (Lipinski definition) is 4. The minimum atomic E-state index is -4.93. The van der Waals surface area contributed by atoms with Crippen molar-refractivity contribution in [2.24, 2.45) is 0 Å². The number of hydrogen-bond donors (Lipinski definition) is 2. The molecule has 2 aromatic rings. The molecule has 2 N–H and O–H groups in total. The van der Waals surface area contributed by atoms with Crippen molar-refractivity contribution in [1.29, 1.82) is 0 Å². The molecule has 0 aliphatic carbocycles. The summed E-state index contributed by atoms with van der Waals surface area (Å²) >= 11 is 11.4. The summed E-state index contributed by atoms with van der Waals surface area (Å²) in [6.07, 6.45) is -3.77.